The molecule has 6 nitrogen and oxygen atoms in total. The van der Waals surface area contributed by atoms with Gasteiger partial charge in [-0.3, -0.25) is 0 Å². The second-order valence-corrected chi connectivity index (χ2v) is 3.44. The number of carboxylic acid groups (broad SMARTS) is 1. The average molecular weight is 225 g/mol. The fraction of sp³-hybridized carbons (Fsp3) is 0.667. The summed E-state index contributed by atoms with van der Waals surface area (Å²) in [5.74, 6) is -0.601. The van der Waals surface area contributed by atoms with E-state index in [0.29, 0.717) is 32.4 Å². The van der Waals surface area contributed by atoms with Gasteiger partial charge in [0.1, 0.15) is 0 Å². The van der Waals surface area contributed by atoms with Crippen LogP contribution in [0.4, 0.5) is 0 Å². The number of amidine groups is 1. The summed E-state index contributed by atoms with van der Waals surface area (Å²) in [6.07, 6.45) is 1.93. The van der Waals surface area contributed by atoms with E-state index < -0.39 is 12.0 Å². The zero-order valence-corrected chi connectivity index (χ0v) is 9.51. The molecule has 0 aromatic heterocycles. The van der Waals surface area contributed by atoms with E-state index in [4.69, 9.17) is 10.5 Å². The number of carboxylic acids is 1. The Bertz CT molecular complexity index is 294. The predicted octanol–water partition coefficient (Wildman–Crippen LogP) is 0.227. The Kier molecular flexibility index (Phi) is 6.99. The van der Waals surface area contributed by atoms with Crippen molar-refractivity contribution in [3.63, 3.8) is 0 Å². The molecule has 0 spiro atoms. The number of rotatable bonds is 7. The van der Waals surface area contributed by atoms with Crippen molar-refractivity contribution in [2.45, 2.75) is 25.8 Å². The van der Waals surface area contributed by atoms with E-state index in [1.807, 2.05) is 0 Å². The van der Waals surface area contributed by atoms with E-state index in [1.54, 1.807) is 18.9 Å². The third-order valence-corrected chi connectivity index (χ3v) is 2.16. The standard InChI is InChI=1S/C9H16BN3O3/c1-7(11)13(2)5-3-4-8(9(14)15)12-6-10-16/h6,8,11H,3-5H2,1-2H3,(H,14,15). The minimum absolute atomic E-state index is 0.358. The summed E-state index contributed by atoms with van der Waals surface area (Å²) >= 11 is 0. The van der Waals surface area contributed by atoms with Gasteiger partial charge in [-0.15, -0.1) is 0 Å². The molecule has 0 fully saturated rings. The first-order valence-electron chi connectivity index (χ1n) is 4.95. The van der Waals surface area contributed by atoms with Gasteiger partial charge in [-0.25, -0.2) is 0 Å². The van der Waals surface area contributed by atoms with Crippen LogP contribution >= 0.6 is 0 Å². The third kappa shape index (κ3) is 6.05. The maximum atomic E-state index is 10.7. The molecule has 0 saturated carbocycles. The first-order chi connectivity index (χ1) is 7.49. The van der Waals surface area contributed by atoms with Gasteiger partial charge >= 0.3 is 94.4 Å². The summed E-state index contributed by atoms with van der Waals surface area (Å²) in [4.78, 5) is 16.1. The number of aliphatic carboxylic acids is 1. The van der Waals surface area contributed by atoms with E-state index in [-0.39, 0.29) is 0 Å². The summed E-state index contributed by atoms with van der Waals surface area (Å²) in [6, 6.07) is -0.871. The number of carbonyl (C=O) groups is 1. The van der Waals surface area contributed by atoms with Crippen LogP contribution in [0.15, 0.2) is 4.99 Å². The molecule has 1 atom stereocenters. The van der Waals surface area contributed by atoms with Crippen molar-refractivity contribution < 1.29 is 14.6 Å². The van der Waals surface area contributed by atoms with Gasteiger partial charge in [-0.05, 0) is 0 Å². The minimum atomic E-state index is -1.03. The molecule has 88 valence electrons. The molecule has 0 aliphatic carbocycles. The van der Waals surface area contributed by atoms with Gasteiger partial charge in [0.25, 0.3) is 0 Å². The summed E-state index contributed by atoms with van der Waals surface area (Å²) in [5.41, 5.74) is 0. The number of hydrogen-bond acceptors (Lipinski definition) is 4. The molecule has 16 heavy (non-hydrogen) atoms. The quantitative estimate of drug-likeness (QED) is 0.368. The first kappa shape index (κ1) is 14.5. The second kappa shape index (κ2) is 7.73. The van der Waals surface area contributed by atoms with Crippen molar-refractivity contribution in [3.8, 4) is 0 Å². The molecule has 0 aliphatic rings. The number of aliphatic imine (C=N–C) groups is 1. The molecule has 0 aromatic carbocycles. The topological polar surface area (TPSA) is 93.8 Å². The van der Waals surface area contributed by atoms with Crippen molar-refractivity contribution in [2.24, 2.45) is 4.99 Å². The second-order valence-electron chi connectivity index (χ2n) is 3.44. The molecule has 2 N–H and O–H groups in total. The Labute approximate surface area is 95.1 Å². The Morgan fingerprint density at radius 3 is 2.75 bits per heavy atom. The SMILES string of the molecule is CC(=N)N(C)CCCC(N=CB=O)C(=O)O. The molecule has 0 rings (SSSR count). The first-order valence-corrected chi connectivity index (χ1v) is 4.95. The van der Waals surface area contributed by atoms with Crippen LogP contribution in [0.25, 0.3) is 0 Å². The molecule has 0 aromatic rings. The van der Waals surface area contributed by atoms with Crippen LogP contribution in [-0.4, -0.2) is 54.7 Å². The van der Waals surface area contributed by atoms with E-state index in [1.165, 1.54) is 0 Å². The zero-order chi connectivity index (χ0) is 12.6. The van der Waals surface area contributed by atoms with Gasteiger partial charge in [-0.2, -0.15) is 0 Å². The summed E-state index contributed by atoms with van der Waals surface area (Å²) in [6.45, 7) is 2.27. The molecular formula is C9H16BN3O3. The van der Waals surface area contributed by atoms with Gasteiger partial charge in [-0.1, -0.05) is 0 Å². The van der Waals surface area contributed by atoms with Crippen molar-refractivity contribution in [2.75, 3.05) is 13.6 Å². The van der Waals surface area contributed by atoms with Crippen LogP contribution in [0.2, 0.25) is 0 Å². The Balaban J connectivity index is 4.03. The van der Waals surface area contributed by atoms with Crippen LogP contribution in [-0.2, 0) is 9.50 Å². The van der Waals surface area contributed by atoms with Crippen LogP contribution in [0, 0.1) is 5.41 Å². The zero-order valence-electron chi connectivity index (χ0n) is 9.51. The Morgan fingerprint density at radius 2 is 2.31 bits per heavy atom. The van der Waals surface area contributed by atoms with Gasteiger partial charge in [0.05, 0.1) is 0 Å². The van der Waals surface area contributed by atoms with Crippen LogP contribution < -0.4 is 0 Å². The molecule has 0 aliphatic heterocycles. The molecule has 0 amide bonds. The Morgan fingerprint density at radius 1 is 1.69 bits per heavy atom. The molecule has 0 radical (unpaired) electrons. The molecule has 1 unspecified atom stereocenters. The van der Waals surface area contributed by atoms with Crippen LogP contribution in [0.3, 0.4) is 0 Å². The van der Waals surface area contributed by atoms with Crippen LogP contribution in [0.5, 0.6) is 0 Å². The molecule has 0 saturated heterocycles. The molecular weight excluding hydrogens is 209 g/mol. The fourth-order valence-corrected chi connectivity index (χ4v) is 1.09. The summed E-state index contributed by atoms with van der Waals surface area (Å²) in [7, 11) is 2.23. The van der Waals surface area contributed by atoms with E-state index in [0.717, 1.165) is 6.11 Å². The van der Waals surface area contributed by atoms with E-state index >= 15 is 0 Å². The van der Waals surface area contributed by atoms with Crippen molar-refractivity contribution in [1.82, 2.24) is 4.90 Å². The van der Waals surface area contributed by atoms with Gasteiger partial charge in [0.2, 0.25) is 0 Å². The van der Waals surface area contributed by atoms with Gasteiger partial charge in [0, 0.05) is 0 Å². The van der Waals surface area contributed by atoms with Crippen molar-refractivity contribution in [1.29, 1.82) is 5.41 Å². The monoisotopic (exact) mass is 225 g/mol. The van der Waals surface area contributed by atoms with E-state index in [2.05, 4.69) is 4.99 Å². The maximum absolute atomic E-state index is 10.7. The number of nitrogens with zero attached hydrogens (tertiary/aromatic N) is 2. The third-order valence-electron chi connectivity index (χ3n) is 2.16. The van der Waals surface area contributed by atoms with Crippen molar-refractivity contribution in [3.05, 3.63) is 0 Å². The number of nitrogens with one attached hydrogen (secondary N) is 1. The summed E-state index contributed by atoms with van der Waals surface area (Å²) < 4.78 is 10.0. The number of hydrogen-bond donors (Lipinski definition) is 2. The normalized spacial score (nSPS) is 12.1. The average Bonchev–Trinajstić information content (AvgIpc) is 2.21. The van der Waals surface area contributed by atoms with Crippen LogP contribution in [0.1, 0.15) is 19.8 Å². The van der Waals surface area contributed by atoms with E-state index in [9.17, 15) is 9.50 Å². The Hall–Kier alpha value is -1.53. The fourth-order valence-electron chi connectivity index (χ4n) is 1.09. The molecule has 0 bridgehead atoms. The molecule has 0 heterocycles. The van der Waals surface area contributed by atoms with Crippen molar-refractivity contribution >= 4 is 25.1 Å². The van der Waals surface area contributed by atoms with Gasteiger partial charge < -0.3 is 0 Å². The predicted molar refractivity (Wildman–Crippen MR) is 61.6 cm³/mol. The van der Waals surface area contributed by atoms with Gasteiger partial charge in [0.15, 0.2) is 0 Å². The summed E-state index contributed by atoms with van der Waals surface area (Å²) in [5, 5.41) is 16.1. The molecule has 7 heteroatoms.